The van der Waals surface area contributed by atoms with Gasteiger partial charge in [0.15, 0.2) is 0 Å². The van der Waals surface area contributed by atoms with Gasteiger partial charge in [-0.15, -0.1) is 0 Å². The molecule has 0 bridgehead atoms. The van der Waals surface area contributed by atoms with Crippen LogP contribution >= 0.6 is 0 Å². The molecule has 1 amide bonds. The quantitative estimate of drug-likeness (QED) is 0.859. The number of ether oxygens (including phenoxy) is 1. The fraction of sp³-hybridized carbons (Fsp3) is 0.385. The highest BCUT2D eigenvalue weighted by Crippen LogP contribution is 2.17. The second-order valence-electron chi connectivity index (χ2n) is 4.69. The number of anilines is 1. The van der Waals surface area contributed by atoms with E-state index in [4.69, 9.17) is 9.84 Å². The molecule has 0 aliphatic carbocycles. The number of rotatable bonds is 5. The Kier molecular flexibility index (Phi) is 4.61. The van der Waals surface area contributed by atoms with Gasteiger partial charge in [-0.3, -0.25) is 4.79 Å². The van der Waals surface area contributed by atoms with Gasteiger partial charge in [0.05, 0.1) is 17.6 Å². The van der Waals surface area contributed by atoms with Crippen molar-refractivity contribution in [3.8, 4) is 0 Å². The number of carbonyl (C=O) groups is 2. The van der Waals surface area contributed by atoms with Crippen LogP contribution in [0.25, 0.3) is 0 Å². The third kappa shape index (κ3) is 4.33. The molecule has 1 aromatic rings. The molecule has 0 saturated carbocycles. The van der Waals surface area contributed by atoms with Crippen LogP contribution in [0.5, 0.6) is 0 Å². The first-order chi connectivity index (χ1) is 8.75. The molecule has 0 aliphatic rings. The van der Waals surface area contributed by atoms with Gasteiger partial charge < -0.3 is 15.2 Å². The fourth-order valence-electron chi connectivity index (χ4n) is 1.43. The summed E-state index contributed by atoms with van der Waals surface area (Å²) in [6.07, 6.45) is 0.100. The van der Waals surface area contributed by atoms with E-state index < -0.39 is 23.0 Å². The van der Waals surface area contributed by atoms with Crippen LogP contribution in [0.2, 0.25) is 0 Å². The summed E-state index contributed by atoms with van der Waals surface area (Å²) in [4.78, 5) is 22.5. The van der Waals surface area contributed by atoms with Crippen molar-refractivity contribution in [2.45, 2.75) is 25.9 Å². The molecule has 0 saturated heterocycles. The summed E-state index contributed by atoms with van der Waals surface area (Å²) < 4.78 is 18.3. The fourth-order valence-corrected chi connectivity index (χ4v) is 1.43. The molecule has 6 heteroatoms. The van der Waals surface area contributed by atoms with E-state index in [0.717, 1.165) is 12.1 Å². The standard InChI is InChI=1S/C13H16FNO4/c1-13(2,19-3)7-11(16)15-8-4-5-10(14)9(6-8)12(17)18/h4-6H,7H2,1-3H3,(H,15,16)(H,17,18). The normalized spacial score (nSPS) is 11.2. The zero-order valence-corrected chi connectivity index (χ0v) is 11.0. The Morgan fingerprint density at radius 2 is 2.05 bits per heavy atom. The van der Waals surface area contributed by atoms with Gasteiger partial charge >= 0.3 is 5.97 Å². The Balaban J connectivity index is 2.81. The Morgan fingerprint density at radius 1 is 1.42 bits per heavy atom. The molecule has 19 heavy (non-hydrogen) atoms. The lowest BCUT2D eigenvalue weighted by Crippen LogP contribution is -2.29. The SMILES string of the molecule is COC(C)(C)CC(=O)Nc1ccc(F)c(C(=O)O)c1. The van der Waals surface area contributed by atoms with Gasteiger partial charge in [-0.2, -0.15) is 0 Å². The molecule has 0 heterocycles. The van der Waals surface area contributed by atoms with E-state index in [1.165, 1.54) is 13.2 Å². The number of halogens is 1. The molecule has 104 valence electrons. The van der Waals surface area contributed by atoms with Crippen molar-refractivity contribution >= 4 is 17.6 Å². The lowest BCUT2D eigenvalue weighted by atomic mass is 10.0. The van der Waals surface area contributed by atoms with Crippen LogP contribution in [-0.4, -0.2) is 29.7 Å². The minimum atomic E-state index is -1.38. The Bertz CT molecular complexity index is 499. The lowest BCUT2D eigenvalue weighted by molar-refractivity contribution is -0.121. The first kappa shape index (κ1) is 15.1. The zero-order valence-electron chi connectivity index (χ0n) is 11.0. The maximum absolute atomic E-state index is 13.2. The second kappa shape index (κ2) is 5.79. The molecule has 0 fully saturated rings. The van der Waals surface area contributed by atoms with E-state index in [2.05, 4.69) is 5.32 Å². The number of benzene rings is 1. The molecule has 0 aromatic heterocycles. The van der Waals surface area contributed by atoms with Crippen LogP contribution in [0.4, 0.5) is 10.1 Å². The summed E-state index contributed by atoms with van der Waals surface area (Å²) in [6.45, 7) is 3.50. The highest BCUT2D eigenvalue weighted by Gasteiger charge is 2.21. The van der Waals surface area contributed by atoms with E-state index in [1.807, 2.05) is 0 Å². The number of hydrogen-bond donors (Lipinski definition) is 2. The van der Waals surface area contributed by atoms with E-state index in [-0.39, 0.29) is 18.0 Å². The molecule has 0 atom stereocenters. The Hall–Kier alpha value is -1.95. The molecule has 0 aliphatic heterocycles. The highest BCUT2D eigenvalue weighted by molar-refractivity contribution is 5.94. The molecule has 0 radical (unpaired) electrons. The third-order valence-corrected chi connectivity index (χ3v) is 2.62. The smallest absolute Gasteiger partial charge is 0.338 e. The van der Waals surface area contributed by atoms with E-state index in [1.54, 1.807) is 13.8 Å². The number of carbonyl (C=O) groups excluding carboxylic acids is 1. The Labute approximate surface area is 110 Å². The molecule has 5 nitrogen and oxygen atoms in total. The van der Waals surface area contributed by atoms with Crippen LogP contribution in [-0.2, 0) is 9.53 Å². The molecule has 2 N–H and O–H groups in total. The highest BCUT2D eigenvalue weighted by atomic mass is 19.1. The van der Waals surface area contributed by atoms with E-state index in [9.17, 15) is 14.0 Å². The van der Waals surface area contributed by atoms with Crippen molar-refractivity contribution in [3.05, 3.63) is 29.6 Å². The van der Waals surface area contributed by atoms with Gasteiger partial charge in [-0.05, 0) is 32.0 Å². The zero-order chi connectivity index (χ0) is 14.6. The molecule has 0 unspecified atom stereocenters. The summed E-state index contributed by atoms with van der Waals surface area (Å²) in [7, 11) is 1.49. The van der Waals surface area contributed by atoms with Crippen molar-refractivity contribution in [1.82, 2.24) is 0 Å². The number of carboxylic acid groups (broad SMARTS) is 1. The summed E-state index contributed by atoms with van der Waals surface area (Å²) in [5.74, 6) is -2.57. The van der Waals surface area contributed by atoms with Gasteiger partial charge in [0, 0.05) is 12.8 Å². The number of amides is 1. The van der Waals surface area contributed by atoms with Gasteiger partial charge in [0.1, 0.15) is 5.82 Å². The van der Waals surface area contributed by atoms with Gasteiger partial charge in [0.25, 0.3) is 0 Å². The number of hydrogen-bond acceptors (Lipinski definition) is 3. The number of methoxy groups -OCH3 is 1. The average molecular weight is 269 g/mol. The van der Waals surface area contributed by atoms with Crippen molar-refractivity contribution < 1.29 is 23.8 Å². The van der Waals surface area contributed by atoms with Crippen molar-refractivity contribution in [2.24, 2.45) is 0 Å². The Morgan fingerprint density at radius 3 is 2.58 bits per heavy atom. The van der Waals surface area contributed by atoms with Crippen molar-refractivity contribution in [3.63, 3.8) is 0 Å². The van der Waals surface area contributed by atoms with Crippen LogP contribution in [0, 0.1) is 5.82 Å². The lowest BCUT2D eigenvalue weighted by Gasteiger charge is -2.21. The summed E-state index contributed by atoms with van der Waals surface area (Å²) >= 11 is 0. The predicted molar refractivity (Wildman–Crippen MR) is 67.7 cm³/mol. The number of carboxylic acids is 1. The predicted octanol–water partition coefficient (Wildman–Crippen LogP) is 2.28. The van der Waals surface area contributed by atoms with Crippen LogP contribution < -0.4 is 5.32 Å². The van der Waals surface area contributed by atoms with Crippen molar-refractivity contribution in [1.29, 1.82) is 0 Å². The minimum absolute atomic E-state index is 0.100. The largest absolute Gasteiger partial charge is 0.478 e. The molecular formula is C13H16FNO4. The van der Waals surface area contributed by atoms with E-state index in [0.29, 0.717) is 0 Å². The van der Waals surface area contributed by atoms with Crippen molar-refractivity contribution in [2.75, 3.05) is 12.4 Å². The molecule has 1 aromatic carbocycles. The third-order valence-electron chi connectivity index (χ3n) is 2.62. The topological polar surface area (TPSA) is 75.6 Å². The van der Waals surface area contributed by atoms with Gasteiger partial charge in [0.2, 0.25) is 5.91 Å². The monoisotopic (exact) mass is 269 g/mol. The van der Waals surface area contributed by atoms with Crippen LogP contribution in [0.3, 0.4) is 0 Å². The second-order valence-corrected chi connectivity index (χ2v) is 4.69. The summed E-state index contributed by atoms with van der Waals surface area (Å²) in [5.41, 5.74) is -0.876. The summed E-state index contributed by atoms with van der Waals surface area (Å²) in [5, 5.41) is 11.3. The molecule has 0 spiro atoms. The maximum atomic E-state index is 13.2. The first-order valence-electron chi connectivity index (χ1n) is 5.63. The number of aromatic carboxylic acids is 1. The minimum Gasteiger partial charge on any atom is -0.478 e. The number of nitrogens with one attached hydrogen (secondary N) is 1. The van der Waals surface area contributed by atoms with Crippen LogP contribution in [0.15, 0.2) is 18.2 Å². The maximum Gasteiger partial charge on any atom is 0.338 e. The average Bonchev–Trinajstić information content (AvgIpc) is 2.30. The van der Waals surface area contributed by atoms with Crippen LogP contribution in [0.1, 0.15) is 30.6 Å². The molecular weight excluding hydrogens is 253 g/mol. The molecule has 1 rings (SSSR count). The van der Waals surface area contributed by atoms with E-state index >= 15 is 0 Å². The van der Waals surface area contributed by atoms with Gasteiger partial charge in [-0.25, -0.2) is 9.18 Å². The summed E-state index contributed by atoms with van der Waals surface area (Å²) in [6, 6.07) is 3.38. The first-order valence-corrected chi connectivity index (χ1v) is 5.63. The van der Waals surface area contributed by atoms with Gasteiger partial charge in [-0.1, -0.05) is 0 Å².